The second-order valence-electron chi connectivity index (χ2n) is 7.09. The van der Waals surface area contributed by atoms with E-state index in [1.807, 2.05) is 31.2 Å². The molecule has 1 N–H and O–H groups in total. The topological polar surface area (TPSA) is 109 Å². The van der Waals surface area contributed by atoms with Gasteiger partial charge in [-0.3, -0.25) is 4.79 Å². The summed E-state index contributed by atoms with van der Waals surface area (Å²) < 4.78 is 32.3. The van der Waals surface area contributed by atoms with Gasteiger partial charge in [-0.1, -0.05) is 28.9 Å². The van der Waals surface area contributed by atoms with Gasteiger partial charge in [0.25, 0.3) is 10.2 Å². The Morgan fingerprint density at radius 3 is 2.89 bits per heavy atom. The largest absolute Gasteiger partial charge is 0.347 e. The molecule has 152 valence electrons. The third-order valence-electron chi connectivity index (χ3n) is 4.70. The van der Waals surface area contributed by atoms with E-state index in [4.69, 9.17) is 4.52 Å². The van der Waals surface area contributed by atoms with E-state index in [0.29, 0.717) is 31.1 Å². The molecule has 28 heavy (non-hydrogen) atoms. The summed E-state index contributed by atoms with van der Waals surface area (Å²) in [6.45, 7) is 2.68. The normalized spacial score (nSPS) is 18.4. The van der Waals surface area contributed by atoms with Gasteiger partial charge in [0, 0.05) is 32.7 Å². The lowest BCUT2D eigenvalue weighted by atomic mass is 9.99. The van der Waals surface area contributed by atoms with Gasteiger partial charge in [-0.15, -0.1) is 0 Å². The van der Waals surface area contributed by atoms with Gasteiger partial charge in [-0.05, 0) is 25.8 Å². The number of nitrogens with zero attached hydrogens (tertiary/aromatic N) is 4. The number of aryl methyl sites for hydroxylation is 1. The number of piperidine rings is 1. The molecule has 0 aliphatic carbocycles. The van der Waals surface area contributed by atoms with Crippen LogP contribution in [-0.2, 0) is 21.5 Å². The van der Waals surface area contributed by atoms with E-state index in [-0.39, 0.29) is 19.0 Å². The van der Waals surface area contributed by atoms with Crippen molar-refractivity contribution in [1.29, 1.82) is 0 Å². The van der Waals surface area contributed by atoms with Gasteiger partial charge in [-0.2, -0.15) is 22.0 Å². The number of amides is 1. The van der Waals surface area contributed by atoms with Crippen molar-refractivity contribution in [1.82, 2.24) is 24.1 Å². The number of nitrogens with one attached hydrogen (secondary N) is 1. The van der Waals surface area contributed by atoms with Gasteiger partial charge in [0.05, 0.1) is 12.5 Å². The molecule has 9 nitrogen and oxygen atoms in total. The number of hydrogen-bond acceptors (Lipinski definition) is 6. The Morgan fingerprint density at radius 2 is 2.18 bits per heavy atom. The fraction of sp³-hybridized carbons (Fsp3) is 0.500. The summed E-state index contributed by atoms with van der Waals surface area (Å²) in [7, 11) is -0.546. The van der Waals surface area contributed by atoms with E-state index in [9.17, 15) is 13.2 Å². The van der Waals surface area contributed by atoms with Gasteiger partial charge < -0.3 is 9.84 Å². The summed E-state index contributed by atoms with van der Waals surface area (Å²) in [4.78, 5) is 16.8. The lowest BCUT2D eigenvalue weighted by Gasteiger charge is -2.32. The first-order valence-electron chi connectivity index (χ1n) is 9.12. The average Bonchev–Trinajstić information content (AvgIpc) is 3.15. The number of carbonyl (C=O) groups is 1. The second-order valence-corrected chi connectivity index (χ2v) is 9.23. The quantitative estimate of drug-likeness (QED) is 0.770. The van der Waals surface area contributed by atoms with Crippen molar-refractivity contribution in [2.24, 2.45) is 5.92 Å². The molecule has 1 aliphatic heterocycles. The number of benzene rings is 1. The zero-order chi connectivity index (χ0) is 20.3. The molecule has 0 saturated carbocycles. The first kappa shape index (κ1) is 20.4. The molecule has 1 aromatic heterocycles. The maximum Gasteiger partial charge on any atom is 0.281 e. The monoisotopic (exact) mass is 407 g/mol. The van der Waals surface area contributed by atoms with Gasteiger partial charge in [0.15, 0.2) is 0 Å². The molecule has 1 atom stereocenters. The SMILES string of the molecule is Cc1cccc(-c2noc(CNC(=O)[C@@H]3CCCN(S(=O)(=O)N(C)C)C3)n2)c1. The molecule has 1 amide bonds. The van der Waals surface area contributed by atoms with Crippen LogP contribution in [0.5, 0.6) is 0 Å². The van der Waals surface area contributed by atoms with Crippen LogP contribution in [0.25, 0.3) is 11.4 Å². The minimum atomic E-state index is -3.52. The van der Waals surface area contributed by atoms with Crippen LogP contribution < -0.4 is 5.32 Å². The first-order valence-corrected chi connectivity index (χ1v) is 10.5. The minimum absolute atomic E-state index is 0.106. The van der Waals surface area contributed by atoms with Gasteiger partial charge in [-0.25, -0.2) is 0 Å². The first-order chi connectivity index (χ1) is 13.3. The maximum atomic E-state index is 12.5. The molecule has 1 aromatic carbocycles. The summed E-state index contributed by atoms with van der Waals surface area (Å²) in [5, 5.41) is 6.73. The van der Waals surface area contributed by atoms with Crippen LogP contribution in [0.4, 0.5) is 0 Å². The highest BCUT2D eigenvalue weighted by Crippen LogP contribution is 2.21. The third-order valence-corrected chi connectivity index (χ3v) is 6.61. The van der Waals surface area contributed by atoms with Crippen molar-refractivity contribution < 1.29 is 17.7 Å². The lowest BCUT2D eigenvalue weighted by Crippen LogP contribution is -2.48. The molecule has 0 radical (unpaired) electrons. The maximum absolute atomic E-state index is 12.5. The minimum Gasteiger partial charge on any atom is -0.347 e. The fourth-order valence-corrected chi connectivity index (χ4v) is 4.32. The van der Waals surface area contributed by atoms with Crippen molar-refractivity contribution in [3.63, 3.8) is 0 Å². The van der Waals surface area contributed by atoms with E-state index in [1.54, 1.807) is 0 Å². The molecule has 3 rings (SSSR count). The second kappa shape index (κ2) is 8.38. The molecule has 2 heterocycles. The standard InChI is InChI=1S/C18H25N5O4S/c1-13-6-4-7-14(10-13)17-20-16(27-21-17)11-19-18(24)15-8-5-9-23(12-15)28(25,26)22(2)3/h4,6-7,10,15H,5,8-9,11-12H2,1-3H3,(H,19,24)/t15-/m1/s1. The van der Waals surface area contributed by atoms with Crippen molar-refractivity contribution in [3.8, 4) is 11.4 Å². The zero-order valence-corrected chi connectivity index (χ0v) is 17.1. The molecular formula is C18H25N5O4S. The van der Waals surface area contributed by atoms with Crippen LogP contribution in [0.15, 0.2) is 28.8 Å². The van der Waals surface area contributed by atoms with Crippen molar-refractivity contribution in [2.45, 2.75) is 26.3 Å². The Morgan fingerprint density at radius 1 is 1.39 bits per heavy atom. The zero-order valence-electron chi connectivity index (χ0n) is 16.3. The molecule has 0 bridgehead atoms. The third kappa shape index (κ3) is 4.57. The van der Waals surface area contributed by atoms with Crippen LogP contribution in [0.2, 0.25) is 0 Å². The van der Waals surface area contributed by atoms with E-state index >= 15 is 0 Å². The highest BCUT2D eigenvalue weighted by Gasteiger charge is 2.33. The average molecular weight is 407 g/mol. The Bertz CT molecular complexity index is 941. The van der Waals surface area contributed by atoms with E-state index in [0.717, 1.165) is 11.1 Å². The van der Waals surface area contributed by atoms with Crippen molar-refractivity contribution >= 4 is 16.1 Å². The molecular weight excluding hydrogens is 382 g/mol. The van der Waals surface area contributed by atoms with Crippen LogP contribution in [0.1, 0.15) is 24.3 Å². The fourth-order valence-electron chi connectivity index (χ4n) is 3.13. The molecule has 10 heteroatoms. The van der Waals surface area contributed by atoms with Crippen molar-refractivity contribution in [2.75, 3.05) is 27.2 Å². The van der Waals surface area contributed by atoms with E-state index in [1.165, 1.54) is 22.7 Å². The number of hydrogen-bond donors (Lipinski definition) is 1. The molecule has 1 fully saturated rings. The molecule has 0 unspecified atom stereocenters. The van der Waals surface area contributed by atoms with Crippen LogP contribution in [0.3, 0.4) is 0 Å². The number of rotatable bonds is 6. The van der Waals surface area contributed by atoms with Gasteiger partial charge in [0.1, 0.15) is 0 Å². The predicted molar refractivity (Wildman–Crippen MR) is 103 cm³/mol. The van der Waals surface area contributed by atoms with Crippen LogP contribution >= 0.6 is 0 Å². The van der Waals surface area contributed by atoms with Crippen LogP contribution in [-0.4, -0.2) is 60.3 Å². The van der Waals surface area contributed by atoms with E-state index in [2.05, 4.69) is 15.5 Å². The Labute approximate surface area is 164 Å². The highest BCUT2D eigenvalue weighted by atomic mass is 32.2. The summed E-state index contributed by atoms with van der Waals surface area (Å²) in [5.41, 5.74) is 1.94. The summed E-state index contributed by atoms with van der Waals surface area (Å²) in [6.07, 6.45) is 1.28. The predicted octanol–water partition coefficient (Wildman–Crippen LogP) is 1.18. The van der Waals surface area contributed by atoms with Crippen LogP contribution in [0, 0.1) is 12.8 Å². The number of aromatic nitrogens is 2. The Balaban J connectivity index is 1.58. The Hall–Kier alpha value is -2.30. The summed E-state index contributed by atoms with van der Waals surface area (Å²) in [5.74, 6) is 0.156. The summed E-state index contributed by atoms with van der Waals surface area (Å²) >= 11 is 0. The Kier molecular flexibility index (Phi) is 6.11. The van der Waals surface area contributed by atoms with Gasteiger partial charge in [0.2, 0.25) is 17.6 Å². The smallest absolute Gasteiger partial charge is 0.281 e. The van der Waals surface area contributed by atoms with Gasteiger partial charge >= 0.3 is 0 Å². The highest BCUT2D eigenvalue weighted by molar-refractivity contribution is 7.86. The van der Waals surface area contributed by atoms with E-state index < -0.39 is 16.1 Å². The molecule has 1 saturated heterocycles. The molecule has 1 aliphatic rings. The molecule has 2 aromatic rings. The molecule has 0 spiro atoms. The summed E-state index contributed by atoms with van der Waals surface area (Å²) in [6, 6.07) is 7.74. The number of carbonyl (C=O) groups excluding carboxylic acids is 1. The van der Waals surface area contributed by atoms with Crippen molar-refractivity contribution in [3.05, 3.63) is 35.7 Å². The lowest BCUT2D eigenvalue weighted by molar-refractivity contribution is -0.126.